The molecule has 0 spiro atoms. The van der Waals surface area contributed by atoms with Crippen LogP contribution in [-0.2, 0) is 16.1 Å². The van der Waals surface area contributed by atoms with E-state index in [0.29, 0.717) is 19.8 Å². The van der Waals surface area contributed by atoms with E-state index in [1.54, 1.807) is 6.20 Å². The van der Waals surface area contributed by atoms with Gasteiger partial charge in [-0.2, -0.15) is 0 Å². The summed E-state index contributed by atoms with van der Waals surface area (Å²) in [5.41, 5.74) is 1.08. The molecule has 0 amide bonds. The highest BCUT2D eigenvalue weighted by molar-refractivity contribution is 5.42. The van der Waals surface area contributed by atoms with Gasteiger partial charge in [0.05, 0.1) is 25.9 Å². The molecule has 0 aliphatic carbocycles. The van der Waals surface area contributed by atoms with Crippen LogP contribution in [0.5, 0.6) is 0 Å². The standard InChI is InChI=1S/C13H22N2O2/c1-4-14-13-12(6-5-7-15-13)10-16-8-9-17-11(2)3/h5-7,11H,4,8-10H2,1-3H3,(H,14,15). The highest BCUT2D eigenvalue weighted by Crippen LogP contribution is 2.12. The zero-order valence-corrected chi connectivity index (χ0v) is 10.9. The van der Waals surface area contributed by atoms with Crippen LogP contribution in [0.2, 0.25) is 0 Å². The molecular formula is C13H22N2O2. The number of rotatable bonds is 8. The highest BCUT2D eigenvalue weighted by atomic mass is 16.5. The number of hydrogen-bond donors (Lipinski definition) is 1. The molecule has 4 nitrogen and oxygen atoms in total. The number of nitrogens with zero attached hydrogens (tertiary/aromatic N) is 1. The van der Waals surface area contributed by atoms with Crippen molar-refractivity contribution < 1.29 is 9.47 Å². The van der Waals surface area contributed by atoms with E-state index in [4.69, 9.17) is 9.47 Å². The SMILES string of the molecule is CCNc1ncccc1COCCOC(C)C. The Hall–Kier alpha value is -1.13. The number of aromatic nitrogens is 1. The minimum absolute atomic E-state index is 0.259. The van der Waals surface area contributed by atoms with Gasteiger partial charge in [0.15, 0.2) is 0 Å². The zero-order valence-electron chi connectivity index (χ0n) is 10.9. The summed E-state index contributed by atoms with van der Waals surface area (Å²) >= 11 is 0. The second-order valence-corrected chi connectivity index (χ2v) is 4.01. The summed E-state index contributed by atoms with van der Waals surface area (Å²) in [6.07, 6.45) is 2.04. The van der Waals surface area contributed by atoms with Crippen molar-refractivity contribution in [1.82, 2.24) is 4.98 Å². The Morgan fingerprint density at radius 2 is 2.18 bits per heavy atom. The van der Waals surface area contributed by atoms with Crippen molar-refractivity contribution in [3.05, 3.63) is 23.9 Å². The van der Waals surface area contributed by atoms with Gasteiger partial charge in [-0.25, -0.2) is 4.98 Å². The Balaban J connectivity index is 2.30. The third-order valence-corrected chi connectivity index (χ3v) is 2.17. The summed E-state index contributed by atoms with van der Waals surface area (Å²) in [5.74, 6) is 0.903. The second-order valence-electron chi connectivity index (χ2n) is 4.01. The number of ether oxygens (including phenoxy) is 2. The van der Waals surface area contributed by atoms with Gasteiger partial charge in [-0.3, -0.25) is 0 Å². The minimum Gasteiger partial charge on any atom is -0.376 e. The first kappa shape index (κ1) is 13.9. The van der Waals surface area contributed by atoms with Crippen molar-refractivity contribution in [3.63, 3.8) is 0 Å². The minimum atomic E-state index is 0.259. The van der Waals surface area contributed by atoms with E-state index in [1.807, 2.05) is 26.0 Å². The predicted molar refractivity (Wildman–Crippen MR) is 69.1 cm³/mol. The molecule has 1 aromatic rings. The molecule has 0 aliphatic heterocycles. The maximum absolute atomic E-state index is 5.55. The molecule has 0 saturated carbocycles. The molecule has 96 valence electrons. The van der Waals surface area contributed by atoms with Gasteiger partial charge >= 0.3 is 0 Å². The number of nitrogens with one attached hydrogen (secondary N) is 1. The summed E-state index contributed by atoms with van der Waals surface area (Å²) in [7, 11) is 0. The molecule has 0 aliphatic rings. The largest absolute Gasteiger partial charge is 0.376 e. The Kier molecular flexibility index (Phi) is 6.58. The molecule has 17 heavy (non-hydrogen) atoms. The van der Waals surface area contributed by atoms with E-state index in [-0.39, 0.29) is 6.10 Å². The third-order valence-electron chi connectivity index (χ3n) is 2.17. The molecule has 0 bridgehead atoms. The summed E-state index contributed by atoms with van der Waals surface area (Å²) < 4.78 is 11.0. The normalized spacial score (nSPS) is 10.8. The maximum Gasteiger partial charge on any atom is 0.131 e. The van der Waals surface area contributed by atoms with Crippen LogP contribution in [0.25, 0.3) is 0 Å². The van der Waals surface area contributed by atoms with Crippen molar-refractivity contribution in [1.29, 1.82) is 0 Å². The average molecular weight is 238 g/mol. The van der Waals surface area contributed by atoms with E-state index in [0.717, 1.165) is 17.9 Å². The van der Waals surface area contributed by atoms with Gasteiger partial charge in [0, 0.05) is 18.3 Å². The van der Waals surface area contributed by atoms with Crippen LogP contribution in [0.4, 0.5) is 5.82 Å². The van der Waals surface area contributed by atoms with Crippen molar-refractivity contribution in [3.8, 4) is 0 Å². The second kappa shape index (κ2) is 8.03. The molecule has 0 atom stereocenters. The summed E-state index contributed by atoms with van der Waals surface area (Å²) in [6.45, 7) is 8.76. The van der Waals surface area contributed by atoms with Crippen molar-refractivity contribution in [2.75, 3.05) is 25.1 Å². The Labute approximate surface area is 103 Å². The molecule has 0 saturated heterocycles. The van der Waals surface area contributed by atoms with Gasteiger partial charge in [0.1, 0.15) is 5.82 Å². The Morgan fingerprint density at radius 3 is 2.88 bits per heavy atom. The predicted octanol–water partition coefficient (Wildman–Crippen LogP) is 2.46. The maximum atomic E-state index is 5.55. The molecular weight excluding hydrogens is 216 g/mol. The molecule has 1 rings (SSSR count). The fraction of sp³-hybridized carbons (Fsp3) is 0.615. The van der Waals surface area contributed by atoms with E-state index in [9.17, 15) is 0 Å². The van der Waals surface area contributed by atoms with Crippen LogP contribution in [-0.4, -0.2) is 30.8 Å². The topological polar surface area (TPSA) is 43.4 Å². The van der Waals surface area contributed by atoms with Crippen LogP contribution in [0, 0.1) is 0 Å². The monoisotopic (exact) mass is 238 g/mol. The fourth-order valence-electron chi connectivity index (χ4n) is 1.41. The Morgan fingerprint density at radius 1 is 1.35 bits per heavy atom. The smallest absolute Gasteiger partial charge is 0.131 e. The first-order chi connectivity index (χ1) is 8.24. The van der Waals surface area contributed by atoms with Crippen molar-refractivity contribution in [2.45, 2.75) is 33.5 Å². The zero-order chi connectivity index (χ0) is 12.5. The molecule has 0 fully saturated rings. The summed E-state index contributed by atoms with van der Waals surface area (Å²) in [5, 5.41) is 3.21. The van der Waals surface area contributed by atoms with Crippen LogP contribution >= 0.6 is 0 Å². The lowest BCUT2D eigenvalue weighted by atomic mass is 10.2. The summed E-state index contributed by atoms with van der Waals surface area (Å²) in [4.78, 5) is 4.27. The first-order valence-electron chi connectivity index (χ1n) is 6.11. The first-order valence-corrected chi connectivity index (χ1v) is 6.11. The molecule has 4 heteroatoms. The van der Waals surface area contributed by atoms with E-state index >= 15 is 0 Å². The lowest BCUT2D eigenvalue weighted by Gasteiger charge is -2.11. The molecule has 1 aromatic heterocycles. The lowest BCUT2D eigenvalue weighted by Crippen LogP contribution is -2.10. The van der Waals surface area contributed by atoms with E-state index in [1.165, 1.54) is 0 Å². The van der Waals surface area contributed by atoms with Crippen LogP contribution in [0.15, 0.2) is 18.3 Å². The molecule has 1 N–H and O–H groups in total. The van der Waals surface area contributed by atoms with Crippen LogP contribution in [0.3, 0.4) is 0 Å². The number of hydrogen-bond acceptors (Lipinski definition) is 4. The molecule has 0 radical (unpaired) electrons. The average Bonchev–Trinajstić information content (AvgIpc) is 2.31. The number of pyridine rings is 1. The van der Waals surface area contributed by atoms with E-state index < -0.39 is 0 Å². The number of anilines is 1. The van der Waals surface area contributed by atoms with Gasteiger partial charge in [0.2, 0.25) is 0 Å². The van der Waals surface area contributed by atoms with Crippen molar-refractivity contribution >= 4 is 5.82 Å². The summed E-state index contributed by atoms with van der Waals surface area (Å²) in [6, 6.07) is 3.94. The quantitative estimate of drug-likeness (QED) is 0.706. The molecule has 0 unspecified atom stereocenters. The molecule has 0 aromatic carbocycles. The van der Waals surface area contributed by atoms with Gasteiger partial charge in [0.25, 0.3) is 0 Å². The van der Waals surface area contributed by atoms with Crippen LogP contribution < -0.4 is 5.32 Å². The van der Waals surface area contributed by atoms with E-state index in [2.05, 4.69) is 17.2 Å². The van der Waals surface area contributed by atoms with Crippen molar-refractivity contribution in [2.24, 2.45) is 0 Å². The third kappa shape index (κ3) is 5.65. The highest BCUT2D eigenvalue weighted by Gasteiger charge is 2.02. The fourth-order valence-corrected chi connectivity index (χ4v) is 1.41. The van der Waals surface area contributed by atoms with Gasteiger partial charge in [-0.1, -0.05) is 6.07 Å². The molecule has 1 heterocycles. The van der Waals surface area contributed by atoms with Crippen LogP contribution in [0.1, 0.15) is 26.3 Å². The van der Waals surface area contributed by atoms with Gasteiger partial charge < -0.3 is 14.8 Å². The van der Waals surface area contributed by atoms with Gasteiger partial charge in [-0.05, 0) is 26.8 Å². The van der Waals surface area contributed by atoms with Gasteiger partial charge in [-0.15, -0.1) is 0 Å². The lowest BCUT2D eigenvalue weighted by molar-refractivity contribution is 0.0143. The Bertz CT molecular complexity index is 316.